The van der Waals surface area contributed by atoms with E-state index in [1.807, 2.05) is 26.8 Å². The molecule has 0 radical (unpaired) electrons. The van der Waals surface area contributed by atoms with Gasteiger partial charge < -0.3 is 14.9 Å². The molecule has 0 aromatic heterocycles. The minimum absolute atomic E-state index is 0.183. The topological polar surface area (TPSA) is 66.8 Å². The number of hydrogen-bond donors (Lipinski definition) is 2. The SMILES string of the molecule is CC(=O)O.CC1=C(c2ccc(F)cc2)C(C)(C)Oc2cc(O)ccc21. The lowest BCUT2D eigenvalue weighted by Crippen LogP contribution is -2.33. The maximum Gasteiger partial charge on any atom is 0.300 e. The van der Waals surface area contributed by atoms with E-state index in [1.54, 1.807) is 24.3 Å². The van der Waals surface area contributed by atoms with Gasteiger partial charge in [-0.25, -0.2) is 4.39 Å². The molecule has 0 atom stereocenters. The van der Waals surface area contributed by atoms with E-state index in [2.05, 4.69) is 0 Å². The number of ether oxygens (including phenoxy) is 1. The van der Waals surface area contributed by atoms with Crippen molar-refractivity contribution < 1.29 is 24.1 Å². The number of fused-ring (bicyclic) bond motifs is 1. The first-order valence-corrected chi connectivity index (χ1v) is 7.81. The zero-order valence-electron chi connectivity index (χ0n) is 14.6. The van der Waals surface area contributed by atoms with Crippen LogP contribution in [0.15, 0.2) is 42.5 Å². The summed E-state index contributed by atoms with van der Waals surface area (Å²) in [7, 11) is 0. The minimum Gasteiger partial charge on any atom is -0.508 e. The number of phenolic OH excluding ortho intramolecular Hbond substituents is 1. The number of carboxylic acid groups (broad SMARTS) is 1. The van der Waals surface area contributed by atoms with Gasteiger partial charge in [-0.15, -0.1) is 0 Å². The van der Waals surface area contributed by atoms with Gasteiger partial charge in [-0.3, -0.25) is 4.79 Å². The lowest BCUT2D eigenvalue weighted by Gasteiger charge is -2.36. The summed E-state index contributed by atoms with van der Waals surface area (Å²) in [4.78, 5) is 9.00. The highest BCUT2D eigenvalue weighted by Gasteiger charge is 2.34. The highest BCUT2D eigenvalue weighted by Crippen LogP contribution is 2.45. The molecule has 0 spiro atoms. The summed E-state index contributed by atoms with van der Waals surface area (Å²) >= 11 is 0. The molecule has 3 rings (SSSR count). The summed E-state index contributed by atoms with van der Waals surface area (Å²) in [5.74, 6) is -0.234. The van der Waals surface area contributed by atoms with Crippen molar-refractivity contribution in [1.82, 2.24) is 0 Å². The van der Waals surface area contributed by atoms with Crippen molar-refractivity contribution in [2.75, 3.05) is 0 Å². The van der Waals surface area contributed by atoms with Crippen LogP contribution >= 0.6 is 0 Å². The van der Waals surface area contributed by atoms with Crippen LogP contribution in [0.3, 0.4) is 0 Å². The summed E-state index contributed by atoms with van der Waals surface area (Å²) in [5.41, 5.74) is 3.44. The largest absolute Gasteiger partial charge is 0.508 e. The molecule has 0 bridgehead atoms. The molecule has 0 saturated heterocycles. The molecule has 0 saturated carbocycles. The van der Waals surface area contributed by atoms with Gasteiger partial charge in [0.1, 0.15) is 22.9 Å². The number of carboxylic acids is 1. The molecule has 2 N–H and O–H groups in total. The Morgan fingerprint density at radius 3 is 2.24 bits per heavy atom. The molecule has 0 fully saturated rings. The van der Waals surface area contributed by atoms with E-state index < -0.39 is 11.6 Å². The van der Waals surface area contributed by atoms with Crippen LogP contribution in [-0.4, -0.2) is 21.8 Å². The Morgan fingerprint density at radius 1 is 1.12 bits per heavy atom. The predicted molar refractivity (Wildman–Crippen MR) is 95.0 cm³/mol. The third-order valence-electron chi connectivity index (χ3n) is 3.84. The molecule has 132 valence electrons. The van der Waals surface area contributed by atoms with Crippen molar-refractivity contribution in [2.24, 2.45) is 0 Å². The second kappa shape index (κ2) is 6.97. The van der Waals surface area contributed by atoms with Crippen LogP contribution in [-0.2, 0) is 4.79 Å². The second-order valence-electron chi connectivity index (χ2n) is 6.32. The molecular formula is C20H21FO4. The minimum atomic E-state index is -0.833. The van der Waals surface area contributed by atoms with E-state index in [4.69, 9.17) is 14.6 Å². The fourth-order valence-electron chi connectivity index (χ4n) is 3.00. The van der Waals surface area contributed by atoms with Gasteiger partial charge in [0, 0.05) is 24.1 Å². The Bertz CT molecular complexity index is 816. The maximum atomic E-state index is 13.2. The summed E-state index contributed by atoms with van der Waals surface area (Å²) in [6.07, 6.45) is 0. The van der Waals surface area contributed by atoms with Gasteiger partial charge in [0.25, 0.3) is 5.97 Å². The Kier molecular flexibility index (Phi) is 5.16. The Hall–Kier alpha value is -2.82. The van der Waals surface area contributed by atoms with E-state index in [9.17, 15) is 9.50 Å². The fraction of sp³-hybridized carbons (Fsp3) is 0.250. The van der Waals surface area contributed by atoms with Gasteiger partial charge in [0.05, 0.1) is 0 Å². The third-order valence-corrected chi connectivity index (χ3v) is 3.84. The van der Waals surface area contributed by atoms with Crippen LogP contribution in [0.4, 0.5) is 4.39 Å². The van der Waals surface area contributed by atoms with E-state index in [1.165, 1.54) is 12.1 Å². The van der Waals surface area contributed by atoms with Gasteiger partial charge in [-0.2, -0.15) is 0 Å². The molecule has 4 nitrogen and oxygen atoms in total. The monoisotopic (exact) mass is 344 g/mol. The number of hydrogen-bond acceptors (Lipinski definition) is 3. The molecule has 0 unspecified atom stereocenters. The zero-order chi connectivity index (χ0) is 18.8. The number of allylic oxidation sites excluding steroid dienone is 1. The van der Waals surface area contributed by atoms with Gasteiger partial charge in [0.2, 0.25) is 0 Å². The van der Waals surface area contributed by atoms with Crippen LogP contribution in [0.2, 0.25) is 0 Å². The molecule has 2 aromatic rings. The second-order valence-corrected chi connectivity index (χ2v) is 6.32. The van der Waals surface area contributed by atoms with Crippen molar-refractivity contribution in [3.63, 3.8) is 0 Å². The van der Waals surface area contributed by atoms with Gasteiger partial charge in [-0.05, 0) is 56.2 Å². The molecule has 5 heteroatoms. The number of halogens is 1. The molecular weight excluding hydrogens is 323 g/mol. The Labute approximate surface area is 146 Å². The first-order valence-electron chi connectivity index (χ1n) is 7.81. The van der Waals surface area contributed by atoms with Gasteiger partial charge in [0.15, 0.2) is 0 Å². The molecule has 2 aromatic carbocycles. The van der Waals surface area contributed by atoms with Gasteiger partial charge in [-0.1, -0.05) is 12.1 Å². The average molecular weight is 344 g/mol. The van der Waals surface area contributed by atoms with Crippen molar-refractivity contribution in [3.05, 3.63) is 59.4 Å². The Balaban J connectivity index is 0.000000511. The summed E-state index contributed by atoms with van der Waals surface area (Å²) in [6.45, 7) is 7.06. The molecule has 1 aliphatic heterocycles. The van der Waals surface area contributed by atoms with Crippen molar-refractivity contribution in [2.45, 2.75) is 33.3 Å². The number of carbonyl (C=O) groups is 1. The van der Waals surface area contributed by atoms with E-state index in [-0.39, 0.29) is 11.6 Å². The smallest absolute Gasteiger partial charge is 0.300 e. The van der Waals surface area contributed by atoms with Crippen LogP contribution in [0.5, 0.6) is 11.5 Å². The predicted octanol–water partition coefficient (Wildman–Crippen LogP) is 4.72. The fourth-order valence-corrected chi connectivity index (χ4v) is 3.00. The zero-order valence-corrected chi connectivity index (χ0v) is 14.6. The first kappa shape index (κ1) is 18.5. The lowest BCUT2D eigenvalue weighted by atomic mass is 9.82. The molecule has 25 heavy (non-hydrogen) atoms. The first-order chi connectivity index (χ1) is 11.6. The molecule has 0 amide bonds. The van der Waals surface area contributed by atoms with Crippen molar-refractivity contribution in [1.29, 1.82) is 0 Å². The molecule has 1 aliphatic rings. The molecule has 0 aliphatic carbocycles. The number of rotatable bonds is 1. The summed E-state index contributed by atoms with van der Waals surface area (Å²) in [6, 6.07) is 11.6. The van der Waals surface area contributed by atoms with Crippen molar-refractivity contribution in [3.8, 4) is 11.5 Å². The van der Waals surface area contributed by atoms with Crippen LogP contribution < -0.4 is 4.74 Å². The Morgan fingerprint density at radius 2 is 1.68 bits per heavy atom. The lowest BCUT2D eigenvalue weighted by molar-refractivity contribution is -0.134. The standard InChI is InChI=1S/C18H17FO2.C2H4O2/c1-11-15-9-8-14(20)10-16(15)21-18(2,3)17(11)12-4-6-13(19)7-5-12;1-2(3)4/h4-10,20H,1-3H3;1H3,(H,3,4). The third kappa shape index (κ3) is 4.18. The normalized spacial score (nSPS) is 14.8. The van der Waals surface area contributed by atoms with E-state index in [0.717, 1.165) is 29.2 Å². The summed E-state index contributed by atoms with van der Waals surface area (Å²) in [5, 5.41) is 17.0. The number of benzene rings is 2. The highest BCUT2D eigenvalue weighted by molar-refractivity contribution is 5.96. The van der Waals surface area contributed by atoms with Crippen LogP contribution in [0.1, 0.15) is 38.8 Å². The van der Waals surface area contributed by atoms with Crippen molar-refractivity contribution >= 4 is 17.1 Å². The molecule has 1 heterocycles. The number of phenols is 1. The van der Waals surface area contributed by atoms with Gasteiger partial charge >= 0.3 is 0 Å². The summed E-state index contributed by atoms with van der Waals surface area (Å²) < 4.78 is 19.2. The average Bonchev–Trinajstić information content (AvgIpc) is 2.47. The highest BCUT2D eigenvalue weighted by atomic mass is 19.1. The number of aliphatic carboxylic acids is 1. The quantitative estimate of drug-likeness (QED) is 0.785. The van der Waals surface area contributed by atoms with E-state index in [0.29, 0.717) is 5.75 Å². The van der Waals surface area contributed by atoms with Crippen LogP contribution in [0, 0.1) is 5.82 Å². The van der Waals surface area contributed by atoms with E-state index >= 15 is 0 Å². The maximum absolute atomic E-state index is 13.2. The van der Waals surface area contributed by atoms with Crippen LogP contribution in [0.25, 0.3) is 11.1 Å². The number of aromatic hydroxyl groups is 1.